The van der Waals surface area contributed by atoms with Gasteiger partial charge in [0.05, 0.1) is 4.92 Å². The number of nitrogens with zero attached hydrogens (tertiary/aromatic N) is 3. The van der Waals surface area contributed by atoms with Crippen molar-refractivity contribution >= 4 is 23.0 Å². The van der Waals surface area contributed by atoms with Gasteiger partial charge in [-0.05, 0) is 57.6 Å². The third-order valence-electron chi connectivity index (χ3n) is 4.76. The highest BCUT2D eigenvalue weighted by atomic mass is 16.6. The normalized spacial score (nSPS) is 13.8. The van der Waals surface area contributed by atoms with Gasteiger partial charge in [-0.2, -0.15) is 0 Å². The van der Waals surface area contributed by atoms with Crippen molar-refractivity contribution in [2.75, 3.05) is 17.2 Å². The number of rotatable bonds is 7. The quantitative estimate of drug-likeness (QED) is 0.404. The second kappa shape index (κ2) is 8.62. The molecule has 1 aromatic heterocycles. The van der Waals surface area contributed by atoms with Crippen LogP contribution >= 0.6 is 0 Å². The molecule has 0 unspecified atom stereocenters. The lowest BCUT2D eigenvalue weighted by Crippen LogP contribution is -2.10. The van der Waals surface area contributed by atoms with E-state index >= 15 is 0 Å². The maximum atomic E-state index is 11.7. The lowest BCUT2D eigenvalue weighted by molar-refractivity contribution is -0.383. The molecule has 0 spiro atoms. The molecule has 7 heteroatoms. The average Bonchev–Trinajstić information content (AvgIpc) is 2.65. The van der Waals surface area contributed by atoms with Crippen LogP contribution in [-0.2, 0) is 0 Å². The van der Waals surface area contributed by atoms with Crippen LogP contribution in [0.3, 0.4) is 0 Å². The van der Waals surface area contributed by atoms with Crippen molar-refractivity contribution in [1.29, 1.82) is 0 Å². The molecule has 0 saturated heterocycles. The number of allylic oxidation sites excluding steroid dienone is 1. The van der Waals surface area contributed by atoms with Gasteiger partial charge in [-0.15, -0.1) is 0 Å². The van der Waals surface area contributed by atoms with E-state index in [9.17, 15) is 10.1 Å². The van der Waals surface area contributed by atoms with Crippen LogP contribution < -0.4 is 10.6 Å². The molecule has 2 aromatic rings. The van der Waals surface area contributed by atoms with E-state index in [1.807, 2.05) is 32.0 Å². The zero-order valence-corrected chi connectivity index (χ0v) is 15.8. The molecule has 142 valence electrons. The zero-order valence-electron chi connectivity index (χ0n) is 15.8. The van der Waals surface area contributed by atoms with Crippen LogP contribution in [0.1, 0.15) is 43.2 Å². The fraction of sp³-hybridized carbons (Fsp3) is 0.400. The minimum atomic E-state index is -0.436. The Morgan fingerprint density at radius 1 is 1.19 bits per heavy atom. The third kappa shape index (κ3) is 4.81. The van der Waals surface area contributed by atoms with E-state index in [-0.39, 0.29) is 17.3 Å². The summed E-state index contributed by atoms with van der Waals surface area (Å²) in [6, 6.07) is 5.88. The predicted octanol–water partition coefficient (Wildman–Crippen LogP) is 5.05. The highest BCUT2D eigenvalue weighted by molar-refractivity contribution is 5.74. The van der Waals surface area contributed by atoms with E-state index in [4.69, 9.17) is 0 Å². The van der Waals surface area contributed by atoms with Crippen molar-refractivity contribution in [3.05, 3.63) is 57.4 Å². The number of aryl methyl sites for hydroxylation is 2. The molecule has 1 aliphatic carbocycles. The molecule has 0 saturated carbocycles. The zero-order chi connectivity index (χ0) is 19.2. The maximum absolute atomic E-state index is 11.7. The molecule has 2 N–H and O–H groups in total. The van der Waals surface area contributed by atoms with Crippen molar-refractivity contribution < 1.29 is 4.92 Å². The van der Waals surface area contributed by atoms with Gasteiger partial charge in [0.1, 0.15) is 6.33 Å². The highest BCUT2D eigenvalue weighted by Crippen LogP contribution is 2.32. The lowest BCUT2D eigenvalue weighted by Gasteiger charge is -2.14. The van der Waals surface area contributed by atoms with E-state index < -0.39 is 4.92 Å². The first-order valence-electron chi connectivity index (χ1n) is 9.30. The van der Waals surface area contributed by atoms with Gasteiger partial charge >= 0.3 is 5.69 Å². The number of aromatic nitrogens is 2. The number of hydrogen-bond donors (Lipinski definition) is 2. The molecular weight excluding hydrogens is 342 g/mol. The molecule has 1 aromatic carbocycles. The Kier molecular flexibility index (Phi) is 6.01. The Hall–Kier alpha value is -2.96. The maximum Gasteiger partial charge on any atom is 0.353 e. The smallest absolute Gasteiger partial charge is 0.353 e. The molecule has 0 radical (unpaired) electrons. The van der Waals surface area contributed by atoms with Crippen molar-refractivity contribution in [2.45, 2.75) is 46.0 Å². The summed E-state index contributed by atoms with van der Waals surface area (Å²) < 4.78 is 0. The predicted molar refractivity (Wildman–Crippen MR) is 108 cm³/mol. The van der Waals surface area contributed by atoms with Crippen molar-refractivity contribution in [3.63, 3.8) is 0 Å². The van der Waals surface area contributed by atoms with E-state index in [1.54, 1.807) is 0 Å². The van der Waals surface area contributed by atoms with Gasteiger partial charge in [0, 0.05) is 12.2 Å². The van der Waals surface area contributed by atoms with Crippen LogP contribution in [0.5, 0.6) is 0 Å². The molecule has 7 nitrogen and oxygen atoms in total. The van der Waals surface area contributed by atoms with Crippen molar-refractivity contribution in [1.82, 2.24) is 9.97 Å². The molecule has 0 amide bonds. The molecule has 27 heavy (non-hydrogen) atoms. The van der Waals surface area contributed by atoms with Crippen LogP contribution in [0.4, 0.5) is 23.0 Å². The fourth-order valence-electron chi connectivity index (χ4n) is 3.33. The average molecular weight is 367 g/mol. The van der Waals surface area contributed by atoms with Crippen LogP contribution in [0.15, 0.2) is 36.2 Å². The fourth-order valence-corrected chi connectivity index (χ4v) is 3.33. The Bertz CT molecular complexity index is 863. The first-order chi connectivity index (χ1) is 13.0. The molecule has 1 heterocycles. The van der Waals surface area contributed by atoms with E-state index in [1.165, 1.54) is 24.7 Å². The van der Waals surface area contributed by atoms with E-state index in [0.717, 1.165) is 36.1 Å². The summed E-state index contributed by atoms with van der Waals surface area (Å²) >= 11 is 0. The first kappa shape index (κ1) is 18.8. The third-order valence-corrected chi connectivity index (χ3v) is 4.76. The summed E-state index contributed by atoms with van der Waals surface area (Å²) in [5, 5.41) is 17.9. The Morgan fingerprint density at radius 2 is 2.00 bits per heavy atom. The first-order valence-corrected chi connectivity index (χ1v) is 9.30. The molecular formula is C20H25N5O2. The van der Waals surface area contributed by atoms with Gasteiger partial charge in [0.2, 0.25) is 11.6 Å². The highest BCUT2D eigenvalue weighted by Gasteiger charge is 2.23. The molecule has 0 fully saturated rings. The van der Waals surface area contributed by atoms with E-state index in [2.05, 4.69) is 26.7 Å². The molecule has 0 atom stereocenters. The summed E-state index contributed by atoms with van der Waals surface area (Å²) in [7, 11) is 0. The summed E-state index contributed by atoms with van der Waals surface area (Å²) in [5.74, 6) is 0.444. The van der Waals surface area contributed by atoms with Crippen LogP contribution in [0.25, 0.3) is 0 Å². The summed E-state index contributed by atoms with van der Waals surface area (Å²) in [6.07, 6.45) is 9.24. The molecule has 1 aliphatic rings. The Balaban J connectivity index is 1.77. The Morgan fingerprint density at radius 3 is 2.70 bits per heavy atom. The monoisotopic (exact) mass is 367 g/mol. The van der Waals surface area contributed by atoms with Gasteiger partial charge in [0.15, 0.2) is 0 Å². The van der Waals surface area contributed by atoms with Crippen LogP contribution in [-0.4, -0.2) is 21.4 Å². The lowest BCUT2D eigenvalue weighted by atomic mass is 9.97. The number of hydrogen-bond acceptors (Lipinski definition) is 6. The molecule has 3 rings (SSSR count). The Labute approximate surface area is 159 Å². The summed E-state index contributed by atoms with van der Waals surface area (Å²) in [4.78, 5) is 19.4. The van der Waals surface area contributed by atoms with Gasteiger partial charge in [0.25, 0.3) is 0 Å². The number of benzene rings is 1. The van der Waals surface area contributed by atoms with Gasteiger partial charge < -0.3 is 10.6 Å². The van der Waals surface area contributed by atoms with Crippen molar-refractivity contribution in [3.8, 4) is 0 Å². The van der Waals surface area contributed by atoms with E-state index in [0.29, 0.717) is 6.54 Å². The summed E-state index contributed by atoms with van der Waals surface area (Å²) in [6.45, 7) is 4.58. The number of nitrogens with one attached hydrogen (secondary N) is 2. The topological polar surface area (TPSA) is 93.0 Å². The number of nitro groups is 1. The van der Waals surface area contributed by atoms with Crippen LogP contribution in [0.2, 0.25) is 0 Å². The minimum absolute atomic E-state index is 0.130. The molecule has 0 aliphatic heterocycles. The summed E-state index contributed by atoms with van der Waals surface area (Å²) in [5.41, 5.74) is 4.21. The van der Waals surface area contributed by atoms with Gasteiger partial charge in [-0.3, -0.25) is 10.1 Å². The SMILES string of the molecule is Cc1ccc(Nc2ncnc(NCCC3=CCCCC3)c2[N+](=O)[O-])c(C)c1. The van der Waals surface area contributed by atoms with Crippen LogP contribution in [0, 0.1) is 24.0 Å². The van der Waals surface area contributed by atoms with Crippen molar-refractivity contribution in [2.24, 2.45) is 0 Å². The largest absolute Gasteiger partial charge is 0.364 e. The minimum Gasteiger partial charge on any atom is -0.364 e. The van der Waals surface area contributed by atoms with Gasteiger partial charge in [-0.25, -0.2) is 9.97 Å². The molecule has 0 bridgehead atoms. The van der Waals surface area contributed by atoms with Gasteiger partial charge in [-0.1, -0.05) is 29.3 Å². The second-order valence-electron chi connectivity index (χ2n) is 6.90. The number of anilines is 3. The second-order valence-corrected chi connectivity index (χ2v) is 6.90. The standard InChI is InChI=1S/C20H25N5O2/c1-14-8-9-17(15(2)12-14)24-20-18(25(26)27)19(22-13-23-20)21-11-10-16-6-4-3-5-7-16/h6,8-9,12-13H,3-5,7,10-11H2,1-2H3,(H2,21,22,23,24).